The van der Waals surface area contributed by atoms with E-state index in [1.54, 1.807) is 0 Å². The summed E-state index contributed by atoms with van der Waals surface area (Å²) >= 11 is 6.50. The Balaban J connectivity index is 1.87. The first-order chi connectivity index (χ1) is 10.3. The Hall–Kier alpha value is -1.51. The van der Waals surface area contributed by atoms with Crippen LogP contribution in [0.15, 0.2) is 42.5 Å². The van der Waals surface area contributed by atoms with Crippen molar-refractivity contribution in [2.75, 3.05) is 18.0 Å². The highest BCUT2D eigenvalue weighted by Gasteiger charge is 2.16. The van der Waals surface area contributed by atoms with E-state index in [1.807, 2.05) is 0 Å². The van der Waals surface area contributed by atoms with Crippen molar-refractivity contribution in [1.82, 2.24) is 0 Å². The summed E-state index contributed by atoms with van der Waals surface area (Å²) in [4.78, 5) is 2.39. The molecular formula is C18H21ClN2. The minimum Gasteiger partial charge on any atom is -0.366 e. The number of hydrogen-bond acceptors (Lipinski definition) is 2. The molecule has 0 bridgehead atoms. The molecule has 2 N–H and O–H groups in total. The molecule has 0 spiro atoms. The van der Waals surface area contributed by atoms with Crippen LogP contribution in [0.3, 0.4) is 0 Å². The highest BCUT2D eigenvalue weighted by molar-refractivity contribution is 6.33. The van der Waals surface area contributed by atoms with Gasteiger partial charge in [0.15, 0.2) is 0 Å². The van der Waals surface area contributed by atoms with Gasteiger partial charge in [0.1, 0.15) is 0 Å². The molecule has 0 saturated heterocycles. The van der Waals surface area contributed by atoms with Crippen LogP contribution < -0.4 is 10.6 Å². The quantitative estimate of drug-likeness (QED) is 0.934. The maximum absolute atomic E-state index is 6.50. The first-order valence-electron chi connectivity index (χ1n) is 7.58. The number of hydrogen-bond donors (Lipinski definition) is 1. The Morgan fingerprint density at radius 3 is 2.67 bits per heavy atom. The standard InChI is InChI=1S/C18H21ClN2/c19-17-12-14(9-10-20)7-8-18(17)21-11-3-6-15-4-1-2-5-16(15)13-21/h1-2,4-5,7-8,12H,3,6,9-11,13,20H2. The molecule has 2 aromatic carbocycles. The maximum atomic E-state index is 6.50. The average molecular weight is 301 g/mol. The van der Waals surface area contributed by atoms with Gasteiger partial charge >= 0.3 is 0 Å². The lowest BCUT2D eigenvalue weighted by atomic mass is 10.0. The van der Waals surface area contributed by atoms with Crippen molar-refractivity contribution in [3.05, 3.63) is 64.2 Å². The number of anilines is 1. The van der Waals surface area contributed by atoms with Gasteiger partial charge in [0.2, 0.25) is 0 Å². The molecule has 1 aliphatic rings. The molecule has 1 aliphatic heterocycles. The molecule has 2 aromatic rings. The molecule has 0 fully saturated rings. The second-order valence-electron chi connectivity index (χ2n) is 5.62. The third-order valence-corrected chi connectivity index (χ3v) is 4.44. The van der Waals surface area contributed by atoms with E-state index in [2.05, 4.69) is 47.4 Å². The van der Waals surface area contributed by atoms with Crippen molar-refractivity contribution < 1.29 is 0 Å². The SMILES string of the molecule is NCCc1ccc(N2CCCc3ccccc3C2)c(Cl)c1. The highest BCUT2D eigenvalue weighted by atomic mass is 35.5. The summed E-state index contributed by atoms with van der Waals surface area (Å²) in [7, 11) is 0. The molecule has 21 heavy (non-hydrogen) atoms. The third-order valence-electron chi connectivity index (χ3n) is 4.14. The van der Waals surface area contributed by atoms with Crippen LogP contribution in [-0.2, 0) is 19.4 Å². The number of nitrogens with two attached hydrogens (primary N) is 1. The van der Waals surface area contributed by atoms with Gasteiger partial charge in [-0.15, -0.1) is 0 Å². The van der Waals surface area contributed by atoms with E-state index in [1.165, 1.54) is 16.7 Å². The van der Waals surface area contributed by atoms with Crippen molar-refractivity contribution in [2.24, 2.45) is 5.73 Å². The Kier molecular flexibility index (Phi) is 4.47. The predicted octanol–water partition coefficient (Wildman–Crippen LogP) is 3.79. The Bertz CT molecular complexity index is 624. The van der Waals surface area contributed by atoms with Crippen LogP contribution in [0.25, 0.3) is 0 Å². The van der Waals surface area contributed by atoms with Gasteiger partial charge in [-0.25, -0.2) is 0 Å². The second kappa shape index (κ2) is 6.50. The molecule has 0 unspecified atom stereocenters. The van der Waals surface area contributed by atoms with Crippen LogP contribution in [0.4, 0.5) is 5.69 Å². The summed E-state index contributed by atoms with van der Waals surface area (Å²) in [6.07, 6.45) is 3.19. The highest BCUT2D eigenvalue weighted by Crippen LogP contribution is 2.30. The predicted molar refractivity (Wildman–Crippen MR) is 90.0 cm³/mol. The van der Waals surface area contributed by atoms with Gasteiger partial charge in [0.25, 0.3) is 0 Å². The molecule has 3 rings (SSSR count). The first-order valence-corrected chi connectivity index (χ1v) is 7.96. The molecule has 0 amide bonds. The maximum Gasteiger partial charge on any atom is 0.0642 e. The fraction of sp³-hybridized carbons (Fsp3) is 0.333. The van der Waals surface area contributed by atoms with Gasteiger partial charge in [-0.3, -0.25) is 0 Å². The number of benzene rings is 2. The van der Waals surface area contributed by atoms with Gasteiger partial charge in [-0.1, -0.05) is 41.9 Å². The molecule has 0 radical (unpaired) electrons. The van der Waals surface area contributed by atoms with E-state index >= 15 is 0 Å². The lowest BCUT2D eigenvalue weighted by molar-refractivity contribution is 0.766. The molecule has 0 aliphatic carbocycles. The minimum absolute atomic E-state index is 0.659. The normalized spacial score (nSPS) is 14.7. The zero-order chi connectivity index (χ0) is 14.7. The zero-order valence-electron chi connectivity index (χ0n) is 12.2. The van der Waals surface area contributed by atoms with Crippen molar-refractivity contribution in [3.63, 3.8) is 0 Å². The fourth-order valence-corrected chi connectivity index (χ4v) is 3.36. The van der Waals surface area contributed by atoms with Gasteiger partial charge in [0.05, 0.1) is 10.7 Å². The summed E-state index contributed by atoms with van der Waals surface area (Å²) in [6, 6.07) is 15.1. The molecule has 0 aromatic heterocycles. The van der Waals surface area contributed by atoms with E-state index in [0.29, 0.717) is 6.54 Å². The number of aryl methyl sites for hydroxylation is 1. The molecule has 3 heteroatoms. The number of nitrogens with zero attached hydrogens (tertiary/aromatic N) is 1. The topological polar surface area (TPSA) is 29.3 Å². The molecule has 110 valence electrons. The number of rotatable bonds is 3. The summed E-state index contributed by atoms with van der Waals surface area (Å²) in [5.41, 5.74) is 10.8. The average Bonchev–Trinajstić information content (AvgIpc) is 2.70. The molecule has 0 atom stereocenters. The van der Waals surface area contributed by atoms with Crippen LogP contribution in [0, 0.1) is 0 Å². The van der Waals surface area contributed by atoms with E-state index in [4.69, 9.17) is 17.3 Å². The second-order valence-corrected chi connectivity index (χ2v) is 6.03. The summed E-state index contributed by atoms with van der Waals surface area (Å²) < 4.78 is 0. The minimum atomic E-state index is 0.659. The molecule has 2 nitrogen and oxygen atoms in total. The summed E-state index contributed by atoms with van der Waals surface area (Å²) in [5.74, 6) is 0. The van der Waals surface area contributed by atoms with Crippen LogP contribution in [0.5, 0.6) is 0 Å². The smallest absolute Gasteiger partial charge is 0.0642 e. The molecule has 1 heterocycles. The number of halogens is 1. The zero-order valence-corrected chi connectivity index (χ0v) is 12.9. The Morgan fingerprint density at radius 1 is 1.10 bits per heavy atom. The van der Waals surface area contributed by atoms with Crippen LogP contribution in [0.1, 0.15) is 23.1 Å². The third kappa shape index (κ3) is 3.22. The monoisotopic (exact) mass is 300 g/mol. The van der Waals surface area contributed by atoms with Crippen molar-refractivity contribution >= 4 is 17.3 Å². The summed E-state index contributed by atoms with van der Waals surface area (Å²) in [5, 5.41) is 0.834. The number of fused-ring (bicyclic) bond motifs is 1. The Morgan fingerprint density at radius 2 is 1.90 bits per heavy atom. The van der Waals surface area contributed by atoms with Gasteiger partial charge in [-0.2, -0.15) is 0 Å². The van der Waals surface area contributed by atoms with Crippen LogP contribution >= 0.6 is 11.6 Å². The van der Waals surface area contributed by atoms with Gasteiger partial charge < -0.3 is 10.6 Å². The van der Waals surface area contributed by atoms with Crippen molar-refractivity contribution in [1.29, 1.82) is 0 Å². The molecular weight excluding hydrogens is 280 g/mol. The Labute approximate surface area is 131 Å². The molecule has 0 saturated carbocycles. The van der Waals surface area contributed by atoms with Crippen molar-refractivity contribution in [2.45, 2.75) is 25.8 Å². The van der Waals surface area contributed by atoms with E-state index in [-0.39, 0.29) is 0 Å². The van der Waals surface area contributed by atoms with E-state index in [9.17, 15) is 0 Å². The first kappa shape index (κ1) is 14.4. The summed E-state index contributed by atoms with van der Waals surface area (Å²) in [6.45, 7) is 2.64. The largest absolute Gasteiger partial charge is 0.366 e. The van der Waals surface area contributed by atoms with Crippen molar-refractivity contribution in [3.8, 4) is 0 Å². The fourth-order valence-electron chi connectivity index (χ4n) is 3.04. The van der Waals surface area contributed by atoms with Gasteiger partial charge in [0, 0.05) is 13.1 Å². The lowest BCUT2D eigenvalue weighted by Crippen LogP contribution is -2.22. The van der Waals surface area contributed by atoms with Gasteiger partial charge in [-0.05, 0) is 54.6 Å². The van der Waals surface area contributed by atoms with Crippen LogP contribution in [0.2, 0.25) is 5.02 Å². The van der Waals surface area contributed by atoms with E-state index < -0.39 is 0 Å². The lowest BCUT2D eigenvalue weighted by Gasteiger charge is -2.24. The van der Waals surface area contributed by atoms with E-state index in [0.717, 1.165) is 43.1 Å². The van der Waals surface area contributed by atoms with Crippen LogP contribution in [-0.4, -0.2) is 13.1 Å².